The van der Waals surface area contributed by atoms with Crippen molar-refractivity contribution in [3.05, 3.63) is 184 Å². The number of para-hydroxylation sites is 1. The molecule has 0 spiro atoms. The fourth-order valence-corrected chi connectivity index (χ4v) is 9.51. The highest BCUT2D eigenvalue weighted by atomic mass is 32.1. The first-order valence-electron chi connectivity index (χ1n) is 21.4. The van der Waals surface area contributed by atoms with Gasteiger partial charge < -0.3 is 15.3 Å². The van der Waals surface area contributed by atoms with E-state index in [4.69, 9.17) is 9.97 Å². The predicted octanol–water partition coefficient (Wildman–Crippen LogP) is 14.8. The van der Waals surface area contributed by atoms with Crippen molar-refractivity contribution in [3.63, 3.8) is 0 Å². The highest BCUT2D eigenvalue weighted by molar-refractivity contribution is 7.14. The molecule has 7 heteroatoms. The molecule has 0 aliphatic carbocycles. The van der Waals surface area contributed by atoms with E-state index in [-0.39, 0.29) is 5.91 Å². The minimum atomic E-state index is -0.119. The first-order valence-corrected chi connectivity index (χ1v) is 22.2. The second-order valence-corrected chi connectivity index (χ2v) is 16.8. The molecule has 0 unspecified atom stereocenters. The Morgan fingerprint density at radius 1 is 0.500 bits per heavy atom. The maximum Gasteiger partial charge on any atom is 0.265 e. The maximum absolute atomic E-state index is 14.0. The zero-order valence-corrected chi connectivity index (χ0v) is 35.3. The molecule has 2 aliphatic heterocycles. The molecule has 4 aromatic carbocycles. The standard InChI is InChI=1S/C55H45N5OS/c1-2-3-4-14-23-39-26-35-50(62-39)55(61)60-41-25-16-15-24-40(41)54-48-33-31-46(58-48)52(37-19-10-6-11-20-37)44-29-27-42(56-44)51(36-17-8-5-9-18-36)43-28-30-45(57-43)53(38-21-12-7-13-22-38)47-32-34-49(54)59-47/h5-13,15-22,24-35,56,59H,2-4,14,23H2,1H3,(H,60,61). The van der Waals surface area contributed by atoms with Crippen LogP contribution >= 0.6 is 11.3 Å². The fraction of sp³-hybridized carbons (Fsp3) is 0.109. The Labute approximate surface area is 365 Å². The summed E-state index contributed by atoms with van der Waals surface area (Å²) in [5, 5.41) is 3.30. The van der Waals surface area contributed by atoms with Crippen LogP contribution in [-0.4, -0.2) is 25.8 Å². The van der Waals surface area contributed by atoms with Gasteiger partial charge >= 0.3 is 0 Å². The number of amides is 1. The van der Waals surface area contributed by atoms with Crippen molar-refractivity contribution in [2.24, 2.45) is 0 Å². The molecule has 8 bridgehead atoms. The molecule has 8 aromatic rings. The number of hydrogen-bond donors (Lipinski definition) is 3. The number of unbranched alkanes of at least 4 members (excludes halogenated alkanes) is 3. The van der Waals surface area contributed by atoms with Crippen LogP contribution in [0.3, 0.4) is 0 Å². The predicted molar refractivity (Wildman–Crippen MR) is 261 cm³/mol. The number of aromatic amines is 2. The molecule has 2 aliphatic rings. The van der Waals surface area contributed by atoms with Gasteiger partial charge in [0.15, 0.2) is 0 Å². The lowest BCUT2D eigenvalue weighted by Crippen LogP contribution is -2.11. The Hall–Kier alpha value is -7.35. The number of benzene rings is 4. The number of carbonyl (C=O) groups excluding carboxylic acids is 1. The molecule has 6 heterocycles. The third-order valence-corrected chi connectivity index (χ3v) is 12.7. The number of hydrogen-bond acceptors (Lipinski definition) is 4. The SMILES string of the molecule is CCCCCCc1ccc(C(=O)Nc2ccccc2-c2c3nc(c(-c4ccccc4)c4ccc([nH]4)c(-c4ccccc4)c4nc(c(-c5ccccc5)c5ccc2[nH]5)C=C4)C=C3)s1. The Morgan fingerprint density at radius 2 is 0.952 bits per heavy atom. The van der Waals surface area contributed by atoms with Crippen LogP contribution in [0, 0.1) is 0 Å². The Balaban J connectivity index is 1.23. The van der Waals surface area contributed by atoms with Gasteiger partial charge in [-0.15, -0.1) is 11.3 Å². The van der Waals surface area contributed by atoms with E-state index in [0.29, 0.717) is 10.6 Å². The van der Waals surface area contributed by atoms with Crippen molar-refractivity contribution >= 4 is 69.3 Å². The summed E-state index contributed by atoms with van der Waals surface area (Å²) in [7, 11) is 0. The van der Waals surface area contributed by atoms with Crippen LogP contribution < -0.4 is 5.32 Å². The molecule has 0 radical (unpaired) electrons. The van der Waals surface area contributed by atoms with Crippen LogP contribution in [0.4, 0.5) is 5.69 Å². The molecule has 302 valence electrons. The number of nitrogens with zero attached hydrogens (tertiary/aromatic N) is 2. The highest BCUT2D eigenvalue weighted by Gasteiger charge is 2.21. The van der Waals surface area contributed by atoms with Crippen molar-refractivity contribution in [1.29, 1.82) is 0 Å². The van der Waals surface area contributed by atoms with Crippen molar-refractivity contribution in [2.75, 3.05) is 5.32 Å². The third kappa shape index (κ3) is 7.75. The zero-order chi connectivity index (χ0) is 41.8. The summed E-state index contributed by atoms with van der Waals surface area (Å²) in [4.78, 5) is 34.5. The van der Waals surface area contributed by atoms with Gasteiger partial charge in [-0.3, -0.25) is 4.79 Å². The van der Waals surface area contributed by atoms with Gasteiger partial charge in [-0.1, -0.05) is 135 Å². The fourth-order valence-electron chi connectivity index (χ4n) is 8.57. The van der Waals surface area contributed by atoms with Crippen LogP contribution in [0.1, 0.15) is 69.9 Å². The van der Waals surface area contributed by atoms with E-state index in [1.807, 2.05) is 42.5 Å². The number of aryl methyl sites for hydroxylation is 1. The van der Waals surface area contributed by atoms with Crippen molar-refractivity contribution in [1.82, 2.24) is 19.9 Å². The number of thiophene rings is 1. The number of H-pyrrole nitrogens is 2. The molecule has 0 saturated carbocycles. The monoisotopic (exact) mass is 823 g/mol. The Bertz CT molecular complexity index is 3120. The molecule has 0 atom stereocenters. The molecule has 1 amide bonds. The van der Waals surface area contributed by atoms with Crippen LogP contribution in [0.5, 0.6) is 0 Å². The van der Waals surface area contributed by atoms with Gasteiger partial charge in [0.2, 0.25) is 0 Å². The molecular weight excluding hydrogens is 779 g/mol. The summed E-state index contributed by atoms with van der Waals surface area (Å²) in [5.74, 6) is -0.119. The number of carbonyl (C=O) groups is 1. The number of aromatic nitrogens is 4. The van der Waals surface area contributed by atoms with Gasteiger partial charge in [0, 0.05) is 60.4 Å². The first kappa shape index (κ1) is 38.8. The van der Waals surface area contributed by atoms with Crippen LogP contribution in [-0.2, 0) is 6.42 Å². The van der Waals surface area contributed by atoms with Crippen molar-refractivity contribution < 1.29 is 4.79 Å². The smallest absolute Gasteiger partial charge is 0.265 e. The van der Waals surface area contributed by atoms with Gasteiger partial charge in [-0.25, -0.2) is 9.97 Å². The number of fused-ring (bicyclic) bond motifs is 8. The third-order valence-electron chi connectivity index (χ3n) is 11.5. The van der Waals surface area contributed by atoms with E-state index in [1.165, 1.54) is 24.1 Å². The Morgan fingerprint density at radius 3 is 1.45 bits per heavy atom. The normalized spacial score (nSPS) is 11.9. The van der Waals surface area contributed by atoms with E-state index in [1.54, 1.807) is 11.3 Å². The van der Waals surface area contributed by atoms with E-state index in [0.717, 1.165) is 102 Å². The molecule has 3 N–H and O–H groups in total. The molecule has 0 saturated heterocycles. The summed E-state index contributed by atoms with van der Waals surface area (Å²) >= 11 is 1.58. The minimum Gasteiger partial charge on any atom is -0.354 e. The second kappa shape index (κ2) is 17.3. The zero-order valence-electron chi connectivity index (χ0n) is 34.5. The summed E-state index contributed by atoms with van der Waals surface area (Å²) in [6.45, 7) is 2.23. The van der Waals surface area contributed by atoms with Gasteiger partial charge in [-0.05, 0) is 96.3 Å². The van der Waals surface area contributed by atoms with Gasteiger partial charge in [0.1, 0.15) is 0 Å². The molecule has 0 fully saturated rings. The summed E-state index contributed by atoms with van der Waals surface area (Å²) in [5.41, 5.74) is 15.6. The summed E-state index contributed by atoms with van der Waals surface area (Å²) < 4.78 is 0. The first-order chi connectivity index (χ1) is 30.6. The van der Waals surface area contributed by atoms with Gasteiger partial charge in [-0.2, -0.15) is 0 Å². The maximum atomic E-state index is 14.0. The lowest BCUT2D eigenvalue weighted by atomic mass is 10.0. The number of anilines is 1. The van der Waals surface area contributed by atoms with Crippen molar-refractivity contribution in [2.45, 2.75) is 39.0 Å². The number of nitrogens with one attached hydrogen (secondary N) is 3. The van der Waals surface area contributed by atoms with E-state index < -0.39 is 0 Å². The lowest BCUT2D eigenvalue weighted by Gasteiger charge is -2.12. The van der Waals surface area contributed by atoms with E-state index in [2.05, 4.69) is 156 Å². The second-order valence-electron chi connectivity index (χ2n) is 15.7. The van der Waals surface area contributed by atoms with Crippen LogP contribution in [0.2, 0.25) is 0 Å². The van der Waals surface area contributed by atoms with Crippen LogP contribution in [0.25, 0.3) is 90.9 Å². The molecule has 10 rings (SSSR count). The summed E-state index contributed by atoms with van der Waals surface area (Å²) in [6, 6.07) is 51.9. The minimum absolute atomic E-state index is 0.119. The average Bonchev–Trinajstić information content (AvgIpc) is 4.18. The summed E-state index contributed by atoms with van der Waals surface area (Å²) in [6.07, 6.45) is 14.2. The molecule has 62 heavy (non-hydrogen) atoms. The molecule has 6 nitrogen and oxygen atoms in total. The topological polar surface area (TPSA) is 86.5 Å². The van der Waals surface area contributed by atoms with E-state index >= 15 is 0 Å². The van der Waals surface area contributed by atoms with Crippen molar-refractivity contribution in [3.8, 4) is 44.5 Å². The number of rotatable bonds is 11. The lowest BCUT2D eigenvalue weighted by molar-refractivity contribution is 0.103. The Kier molecular flexibility index (Phi) is 10.8. The van der Waals surface area contributed by atoms with E-state index in [9.17, 15) is 4.79 Å². The van der Waals surface area contributed by atoms with Gasteiger partial charge in [0.25, 0.3) is 5.91 Å². The average molecular weight is 824 g/mol. The molecular formula is C55H45N5OS. The van der Waals surface area contributed by atoms with Gasteiger partial charge in [0.05, 0.1) is 27.7 Å². The van der Waals surface area contributed by atoms with Crippen LogP contribution in [0.15, 0.2) is 152 Å². The highest BCUT2D eigenvalue weighted by Crippen LogP contribution is 2.40. The quantitative estimate of drug-likeness (QED) is 0.114. The molecule has 4 aromatic heterocycles. The largest absolute Gasteiger partial charge is 0.354 e.